The van der Waals surface area contributed by atoms with Gasteiger partial charge >= 0.3 is 0 Å². The van der Waals surface area contributed by atoms with Gasteiger partial charge in [0.15, 0.2) is 5.76 Å². The normalized spacial score (nSPS) is 23.9. The van der Waals surface area contributed by atoms with Crippen LogP contribution in [0.2, 0.25) is 5.02 Å². The SMILES string of the molecule is Cc1nc([C@H](C)N2C[C@@H](C)[C@H](O)C2)oc1-c1ccc(Cl)cc1. The maximum atomic E-state index is 9.92. The first kappa shape index (κ1) is 15.5. The van der Waals surface area contributed by atoms with Crippen molar-refractivity contribution in [2.45, 2.75) is 32.9 Å². The standard InChI is InChI=1S/C17H21ClN2O2/c1-10-8-20(9-15(10)21)12(3)17-19-11(2)16(22-17)13-4-6-14(18)7-5-13/h4-7,10,12,15,21H,8-9H2,1-3H3/t10-,12+,15-/m1/s1. The van der Waals surface area contributed by atoms with Crippen molar-refractivity contribution in [1.82, 2.24) is 9.88 Å². The van der Waals surface area contributed by atoms with Crippen molar-refractivity contribution in [2.24, 2.45) is 5.92 Å². The highest BCUT2D eigenvalue weighted by molar-refractivity contribution is 6.30. The summed E-state index contributed by atoms with van der Waals surface area (Å²) < 4.78 is 6.01. The first-order valence-electron chi connectivity index (χ1n) is 7.61. The molecule has 0 radical (unpaired) electrons. The molecule has 1 aromatic carbocycles. The molecule has 3 rings (SSSR count). The van der Waals surface area contributed by atoms with Gasteiger partial charge in [0.25, 0.3) is 0 Å². The molecular weight excluding hydrogens is 300 g/mol. The van der Waals surface area contributed by atoms with Crippen LogP contribution in [0.25, 0.3) is 11.3 Å². The van der Waals surface area contributed by atoms with Crippen LogP contribution in [0.4, 0.5) is 0 Å². The van der Waals surface area contributed by atoms with Gasteiger partial charge in [0.2, 0.25) is 5.89 Å². The molecule has 0 unspecified atom stereocenters. The van der Waals surface area contributed by atoms with Crippen LogP contribution in [0.5, 0.6) is 0 Å². The minimum Gasteiger partial charge on any atom is -0.439 e. The van der Waals surface area contributed by atoms with Gasteiger partial charge in [-0.15, -0.1) is 0 Å². The van der Waals surface area contributed by atoms with E-state index in [-0.39, 0.29) is 18.1 Å². The zero-order chi connectivity index (χ0) is 15.9. The van der Waals surface area contributed by atoms with E-state index in [9.17, 15) is 5.11 Å². The van der Waals surface area contributed by atoms with E-state index in [2.05, 4.69) is 23.7 Å². The summed E-state index contributed by atoms with van der Waals surface area (Å²) >= 11 is 5.93. The van der Waals surface area contributed by atoms with Crippen molar-refractivity contribution >= 4 is 11.6 Å². The second-order valence-electron chi connectivity index (χ2n) is 6.15. The van der Waals surface area contributed by atoms with E-state index in [0.717, 1.165) is 23.6 Å². The van der Waals surface area contributed by atoms with Gasteiger partial charge in [0, 0.05) is 23.7 Å². The summed E-state index contributed by atoms with van der Waals surface area (Å²) in [5.41, 5.74) is 1.85. The van der Waals surface area contributed by atoms with E-state index in [4.69, 9.17) is 16.0 Å². The molecular formula is C17H21ClN2O2. The number of nitrogens with zero attached hydrogens (tertiary/aromatic N) is 2. The summed E-state index contributed by atoms with van der Waals surface area (Å²) in [7, 11) is 0. The Kier molecular flexibility index (Phi) is 4.26. The molecule has 1 saturated heterocycles. The lowest BCUT2D eigenvalue weighted by molar-refractivity contribution is 0.139. The Morgan fingerprint density at radius 2 is 2.00 bits per heavy atom. The Morgan fingerprint density at radius 3 is 2.59 bits per heavy atom. The van der Waals surface area contributed by atoms with Gasteiger partial charge in [0.05, 0.1) is 17.8 Å². The predicted octanol–water partition coefficient (Wildman–Crippen LogP) is 3.68. The number of rotatable bonds is 3. The summed E-state index contributed by atoms with van der Waals surface area (Å²) in [4.78, 5) is 6.80. The number of aliphatic hydroxyl groups excluding tert-OH is 1. The lowest BCUT2D eigenvalue weighted by Crippen LogP contribution is -2.25. The minimum atomic E-state index is -0.269. The third-order valence-electron chi connectivity index (χ3n) is 4.43. The molecule has 0 aliphatic carbocycles. The van der Waals surface area contributed by atoms with Crippen molar-refractivity contribution in [3.63, 3.8) is 0 Å². The van der Waals surface area contributed by atoms with Crippen LogP contribution in [-0.4, -0.2) is 34.2 Å². The highest BCUT2D eigenvalue weighted by Crippen LogP contribution is 2.32. The third-order valence-corrected chi connectivity index (χ3v) is 4.68. The molecule has 0 spiro atoms. The van der Waals surface area contributed by atoms with E-state index < -0.39 is 0 Å². The Morgan fingerprint density at radius 1 is 1.32 bits per heavy atom. The number of likely N-dealkylation sites (tertiary alicyclic amines) is 1. The highest BCUT2D eigenvalue weighted by atomic mass is 35.5. The van der Waals surface area contributed by atoms with Gasteiger partial charge in [-0.3, -0.25) is 4.90 Å². The topological polar surface area (TPSA) is 49.5 Å². The van der Waals surface area contributed by atoms with E-state index in [0.29, 0.717) is 17.5 Å². The predicted molar refractivity (Wildman–Crippen MR) is 86.8 cm³/mol. The van der Waals surface area contributed by atoms with Gasteiger partial charge in [-0.05, 0) is 44.0 Å². The largest absolute Gasteiger partial charge is 0.439 e. The maximum absolute atomic E-state index is 9.92. The average Bonchev–Trinajstić information content (AvgIpc) is 3.03. The first-order chi connectivity index (χ1) is 10.5. The molecule has 5 heteroatoms. The monoisotopic (exact) mass is 320 g/mol. The number of β-amino-alcohol motifs (C(OH)–C–C–N with tert-alkyl or cyclic N) is 1. The van der Waals surface area contributed by atoms with Crippen LogP contribution in [0.15, 0.2) is 28.7 Å². The minimum absolute atomic E-state index is 0.0550. The van der Waals surface area contributed by atoms with E-state index >= 15 is 0 Å². The van der Waals surface area contributed by atoms with Crippen molar-refractivity contribution in [3.05, 3.63) is 40.9 Å². The maximum Gasteiger partial charge on any atom is 0.212 e. The van der Waals surface area contributed by atoms with Crippen LogP contribution in [0.3, 0.4) is 0 Å². The molecule has 1 N–H and O–H groups in total. The van der Waals surface area contributed by atoms with Crippen molar-refractivity contribution in [2.75, 3.05) is 13.1 Å². The Bertz CT molecular complexity index is 643. The Balaban J connectivity index is 1.84. The van der Waals surface area contributed by atoms with Crippen LogP contribution >= 0.6 is 11.6 Å². The molecule has 22 heavy (non-hydrogen) atoms. The van der Waals surface area contributed by atoms with Gasteiger partial charge < -0.3 is 9.52 Å². The molecule has 0 saturated carbocycles. The number of oxazole rings is 1. The van der Waals surface area contributed by atoms with Crippen molar-refractivity contribution in [3.8, 4) is 11.3 Å². The third kappa shape index (κ3) is 2.91. The summed E-state index contributed by atoms with van der Waals surface area (Å²) in [6.45, 7) is 7.62. The Hall–Kier alpha value is -1.36. The highest BCUT2D eigenvalue weighted by Gasteiger charge is 2.33. The van der Waals surface area contributed by atoms with E-state index in [1.165, 1.54) is 0 Å². The summed E-state index contributed by atoms with van der Waals surface area (Å²) in [6.07, 6.45) is -0.269. The molecule has 2 heterocycles. The quantitative estimate of drug-likeness (QED) is 0.937. The lowest BCUT2D eigenvalue weighted by atomic mass is 10.1. The lowest BCUT2D eigenvalue weighted by Gasteiger charge is -2.20. The Labute approximate surface area is 135 Å². The number of aliphatic hydroxyl groups is 1. The fourth-order valence-corrected chi connectivity index (χ4v) is 3.05. The van der Waals surface area contributed by atoms with E-state index in [1.54, 1.807) is 0 Å². The molecule has 3 atom stereocenters. The zero-order valence-electron chi connectivity index (χ0n) is 13.1. The van der Waals surface area contributed by atoms with E-state index in [1.807, 2.05) is 31.2 Å². The molecule has 0 bridgehead atoms. The number of aromatic nitrogens is 1. The molecule has 118 valence electrons. The number of benzene rings is 1. The second kappa shape index (κ2) is 6.03. The fourth-order valence-electron chi connectivity index (χ4n) is 2.92. The van der Waals surface area contributed by atoms with Crippen molar-refractivity contribution in [1.29, 1.82) is 0 Å². The average molecular weight is 321 g/mol. The molecule has 4 nitrogen and oxygen atoms in total. The number of halogens is 1. The number of hydrogen-bond acceptors (Lipinski definition) is 4. The molecule has 1 aliphatic heterocycles. The smallest absolute Gasteiger partial charge is 0.212 e. The van der Waals surface area contributed by atoms with Gasteiger partial charge in [0.1, 0.15) is 0 Å². The molecule has 0 amide bonds. The van der Waals surface area contributed by atoms with Crippen LogP contribution in [-0.2, 0) is 0 Å². The number of hydrogen-bond donors (Lipinski definition) is 1. The van der Waals surface area contributed by atoms with Gasteiger partial charge in [-0.2, -0.15) is 0 Å². The fraction of sp³-hybridized carbons (Fsp3) is 0.471. The van der Waals surface area contributed by atoms with Crippen LogP contribution in [0.1, 0.15) is 31.5 Å². The first-order valence-corrected chi connectivity index (χ1v) is 7.99. The van der Waals surface area contributed by atoms with Gasteiger partial charge in [-0.25, -0.2) is 4.98 Å². The van der Waals surface area contributed by atoms with Gasteiger partial charge in [-0.1, -0.05) is 18.5 Å². The summed E-state index contributed by atoms with van der Waals surface area (Å²) in [6, 6.07) is 7.62. The summed E-state index contributed by atoms with van der Waals surface area (Å²) in [5, 5.41) is 10.6. The van der Waals surface area contributed by atoms with Crippen LogP contribution < -0.4 is 0 Å². The molecule has 1 aliphatic rings. The second-order valence-corrected chi connectivity index (χ2v) is 6.58. The molecule has 2 aromatic rings. The van der Waals surface area contributed by atoms with Crippen LogP contribution in [0, 0.1) is 12.8 Å². The summed E-state index contributed by atoms with van der Waals surface area (Å²) in [5.74, 6) is 1.77. The van der Waals surface area contributed by atoms with Crippen molar-refractivity contribution < 1.29 is 9.52 Å². The number of aryl methyl sites for hydroxylation is 1. The molecule has 1 fully saturated rings. The molecule has 1 aromatic heterocycles. The zero-order valence-corrected chi connectivity index (χ0v) is 13.8.